The Kier molecular flexibility index (Phi) is 4.93. The Bertz CT molecular complexity index is 1180. The third kappa shape index (κ3) is 3.69. The van der Waals surface area contributed by atoms with E-state index in [1.165, 1.54) is 0 Å². The molecule has 1 N–H and O–H groups in total. The third-order valence-electron chi connectivity index (χ3n) is 6.91. The van der Waals surface area contributed by atoms with E-state index < -0.39 is 0 Å². The number of likely N-dealkylation sites (tertiary alicyclic amines) is 1. The van der Waals surface area contributed by atoms with Crippen LogP contribution in [-0.2, 0) is 9.59 Å². The van der Waals surface area contributed by atoms with Gasteiger partial charge in [-0.05, 0) is 37.1 Å². The molecule has 1 aromatic heterocycles. The van der Waals surface area contributed by atoms with Crippen LogP contribution >= 0.6 is 0 Å². The molecule has 0 radical (unpaired) electrons. The summed E-state index contributed by atoms with van der Waals surface area (Å²) in [6.07, 6.45) is 1.99. The molecule has 2 amide bonds. The van der Waals surface area contributed by atoms with Crippen molar-refractivity contribution in [2.75, 3.05) is 37.7 Å². The van der Waals surface area contributed by atoms with E-state index in [2.05, 4.69) is 4.98 Å². The Labute approximate surface area is 191 Å². The van der Waals surface area contributed by atoms with Crippen LogP contribution in [0.1, 0.15) is 31.0 Å². The Morgan fingerprint density at radius 1 is 1.03 bits per heavy atom. The molecule has 2 aromatic carbocycles. The number of aromatic nitrogens is 2. The second-order valence-electron chi connectivity index (χ2n) is 8.97. The Morgan fingerprint density at radius 2 is 1.82 bits per heavy atom. The van der Waals surface area contributed by atoms with Gasteiger partial charge in [0.2, 0.25) is 11.8 Å². The lowest BCUT2D eigenvalue weighted by molar-refractivity contribution is -0.136. The first kappa shape index (κ1) is 20.1. The van der Waals surface area contributed by atoms with E-state index in [9.17, 15) is 9.59 Å². The van der Waals surface area contributed by atoms with Crippen LogP contribution in [0.3, 0.4) is 0 Å². The van der Waals surface area contributed by atoms with Crippen LogP contribution in [0.4, 0.5) is 5.69 Å². The van der Waals surface area contributed by atoms with Gasteiger partial charge in [-0.2, -0.15) is 0 Å². The first-order valence-corrected chi connectivity index (χ1v) is 11.6. The average Bonchev–Trinajstić information content (AvgIpc) is 3.47. The van der Waals surface area contributed by atoms with Crippen molar-refractivity contribution in [2.24, 2.45) is 5.92 Å². The number of anilines is 1. The minimum absolute atomic E-state index is 0.0258. The zero-order valence-corrected chi connectivity index (χ0v) is 18.3. The minimum Gasteiger partial charge on any atom is -0.486 e. The van der Waals surface area contributed by atoms with E-state index in [0.717, 1.165) is 35.4 Å². The molecule has 3 aliphatic heterocycles. The van der Waals surface area contributed by atoms with Crippen LogP contribution in [0.2, 0.25) is 0 Å². The number of benzene rings is 2. The van der Waals surface area contributed by atoms with Crippen molar-refractivity contribution in [2.45, 2.75) is 25.2 Å². The number of nitrogens with one attached hydrogen (secondary N) is 1. The van der Waals surface area contributed by atoms with Gasteiger partial charge < -0.3 is 24.3 Å². The number of imidazole rings is 1. The molecule has 2 fully saturated rings. The summed E-state index contributed by atoms with van der Waals surface area (Å²) in [5.74, 6) is 2.40. The molecule has 1 unspecified atom stereocenters. The van der Waals surface area contributed by atoms with Crippen LogP contribution in [0.5, 0.6) is 11.5 Å². The van der Waals surface area contributed by atoms with Crippen molar-refractivity contribution in [3.8, 4) is 11.5 Å². The standard InChI is InChI=1S/C25H26N4O4/c30-23-13-17(15-29(23)18-5-6-21-22(14-18)33-12-11-32-21)25(31)28-9-7-16(8-10-28)24-26-19-3-1-2-4-20(19)27-24/h1-6,14,16-17H,7-13,15H2,(H,26,27). The highest BCUT2D eigenvalue weighted by atomic mass is 16.6. The predicted octanol–water partition coefficient (Wildman–Crippen LogP) is 3.09. The van der Waals surface area contributed by atoms with E-state index in [0.29, 0.717) is 50.3 Å². The summed E-state index contributed by atoms with van der Waals surface area (Å²) in [7, 11) is 0. The highest BCUT2D eigenvalue weighted by molar-refractivity contribution is 6.00. The lowest BCUT2D eigenvalue weighted by Gasteiger charge is -2.32. The van der Waals surface area contributed by atoms with Crippen molar-refractivity contribution in [1.29, 1.82) is 0 Å². The minimum atomic E-state index is -0.312. The first-order valence-electron chi connectivity index (χ1n) is 11.6. The molecule has 3 aromatic rings. The van der Waals surface area contributed by atoms with Gasteiger partial charge in [0.25, 0.3) is 0 Å². The second kappa shape index (κ2) is 8.10. The van der Waals surface area contributed by atoms with Crippen LogP contribution in [0.15, 0.2) is 42.5 Å². The molecule has 2 saturated heterocycles. The maximum absolute atomic E-state index is 13.2. The molecule has 6 rings (SSSR count). The van der Waals surface area contributed by atoms with E-state index in [1.54, 1.807) is 4.90 Å². The number of fused-ring (bicyclic) bond motifs is 2. The number of ether oxygens (including phenoxy) is 2. The maximum atomic E-state index is 13.2. The highest BCUT2D eigenvalue weighted by Crippen LogP contribution is 2.36. The number of nitrogens with zero attached hydrogens (tertiary/aromatic N) is 3. The number of hydrogen-bond donors (Lipinski definition) is 1. The van der Waals surface area contributed by atoms with Gasteiger partial charge in [-0.1, -0.05) is 12.1 Å². The van der Waals surface area contributed by atoms with Crippen LogP contribution in [0, 0.1) is 5.92 Å². The van der Waals surface area contributed by atoms with Gasteiger partial charge in [-0.15, -0.1) is 0 Å². The van der Waals surface area contributed by atoms with Crippen molar-refractivity contribution in [1.82, 2.24) is 14.9 Å². The van der Waals surface area contributed by atoms with Crippen molar-refractivity contribution < 1.29 is 19.1 Å². The molecule has 0 bridgehead atoms. The van der Waals surface area contributed by atoms with Gasteiger partial charge in [0, 0.05) is 43.7 Å². The molecule has 33 heavy (non-hydrogen) atoms. The molecule has 8 nitrogen and oxygen atoms in total. The van der Waals surface area contributed by atoms with Crippen molar-refractivity contribution >= 4 is 28.5 Å². The van der Waals surface area contributed by atoms with Gasteiger partial charge in [-0.25, -0.2) is 4.98 Å². The van der Waals surface area contributed by atoms with E-state index in [-0.39, 0.29) is 24.2 Å². The van der Waals surface area contributed by atoms with Gasteiger partial charge >= 0.3 is 0 Å². The van der Waals surface area contributed by atoms with Crippen molar-refractivity contribution in [3.05, 3.63) is 48.3 Å². The fraction of sp³-hybridized carbons (Fsp3) is 0.400. The number of para-hydroxylation sites is 2. The molecular formula is C25H26N4O4. The van der Waals surface area contributed by atoms with E-state index >= 15 is 0 Å². The molecule has 1 atom stereocenters. The number of hydrogen-bond acceptors (Lipinski definition) is 5. The van der Waals surface area contributed by atoms with Gasteiger partial charge in [-0.3, -0.25) is 9.59 Å². The van der Waals surface area contributed by atoms with E-state index in [1.807, 2.05) is 47.4 Å². The average molecular weight is 447 g/mol. The molecule has 3 aliphatic rings. The first-order chi connectivity index (χ1) is 16.2. The van der Waals surface area contributed by atoms with Crippen LogP contribution in [0.25, 0.3) is 11.0 Å². The Hall–Kier alpha value is -3.55. The summed E-state index contributed by atoms with van der Waals surface area (Å²) >= 11 is 0. The molecule has 4 heterocycles. The number of H-pyrrole nitrogens is 1. The molecule has 0 spiro atoms. The van der Waals surface area contributed by atoms with Gasteiger partial charge in [0.05, 0.1) is 17.0 Å². The highest BCUT2D eigenvalue weighted by Gasteiger charge is 2.38. The summed E-state index contributed by atoms with van der Waals surface area (Å²) in [6.45, 7) is 2.80. The number of carbonyl (C=O) groups excluding carboxylic acids is 2. The normalized spacial score (nSPS) is 21.1. The monoisotopic (exact) mass is 446 g/mol. The molecule has 8 heteroatoms. The third-order valence-corrected chi connectivity index (χ3v) is 6.91. The fourth-order valence-electron chi connectivity index (χ4n) is 5.12. The largest absolute Gasteiger partial charge is 0.486 e. The Morgan fingerprint density at radius 3 is 2.64 bits per heavy atom. The van der Waals surface area contributed by atoms with Crippen molar-refractivity contribution in [3.63, 3.8) is 0 Å². The quantitative estimate of drug-likeness (QED) is 0.668. The second-order valence-corrected chi connectivity index (χ2v) is 8.97. The molecule has 0 aliphatic carbocycles. The Balaban J connectivity index is 1.10. The number of amides is 2. The number of carbonyl (C=O) groups is 2. The summed E-state index contributed by atoms with van der Waals surface area (Å²) < 4.78 is 11.2. The zero-order chi connectivity index (χ0) is 22.4. The topological polar surface area (TPSA) is 87.8 Å². The lowest BCUT2D eigenvalue weighted by atomic mass is 9.95. The SMILES string of the molecule is O=C(C1CC(=O)N(c2ccc3c(c2)OCCO3)C1)N1CCC(c2nc3ccccc3[nH]2)CC1. The van der Waals surface area contributed by atoms with E-state index in [4.69, 9.17) is 14.5 Å². The summed E-state index contributed by atoms with van der Waals surface area (Å²) in [5, 5.41) is 0. The fourth-order valence-corrected chi connectivity index (χ4v) is 5.12. The summed E-state index contributed by atoms with van der Waals surface area (Å²) in [6, 6.07) is 13.6. The molecule has 0 saturated carbocycles. The molecule has 170 valence electrons. The van der Waals surface area contributed by atoms with Crippen LogP contribution < -0.4 is 14.4 Å². The maximum Gasteiger partial charge on any atom is 0.228 e. The summed E-state index contributed by atoms with van der Waals surface area (Å²) in [4.78, 5) is 37.7. The molecular weight excluding hydrogens is 420 g/mol. The predicted molar refractivity (Wildman–Crippen MR) is 123 cm³/mol. The smallest absolute Gasteiger partial charge is 0.228 e. The van der Waals surface area contributed by atoms with Gasteiger partial charge in [0.15, 0.2) is 11.5 Å². The van der Waals surface area contributed by atoms with Crippen LogP contribution in [-0.4, -0.2) is 59.5 Å². The number of rotatable bonds is 3. The lowest BCUT2D eigenvalue weighted by Crippen LogP contribution is -2.42. The van der Waals surface area contributed by atoms with Gasteiger partial charge in [0.1, 0.15) is 19.0 Å². The number of aromatic amines is 1. The zero-order valence-electron chi connectivity index (χ0n) is 18.3. The number of piperidine rings is 1. The summed E-state index contributed by atoms with van der Waals surface area (Å²) in [5.41, 5.74) is 2.78.